The highest BCUT2D eigenvalue weighted by Crippen LogP contribution is 2.67. The molecule has 0 aromatic heterocycles. The van der Waals surface area contributed by atoms with Gasteiger partial charge in [0.15, 0.2) is 5.78 Å². The van der Waals surface area contributed by atoms with E-state index in [9.17, 15) is 9.90 Å². The van der Waals surface area contributed by atoms with Gasteiger partial charge in [-0.25, -0.2) is 0 Å². The van der Waals surface area contributed by atoms with E-state index in [-0.39, 0.29) is 16.6 Å². The van der Waals surface area contributed by atoms with Crippen LogP contribution >= 0.6 is 0 Å². The highest BCUT2D eigenvalue weighted by atomic mass is 16.3. The van der Waals surface area contributed by atoms with E-state index in [1.54, 1.807) is 0 Å². The Bertz CT molecular complexity index is 320. The van der Waals surface area contributed by atoms with Crippen LogP contribution < -0.4 is 0 Å². The Kier molecular flexibility index (Phi) is 1.54. The summed E-state index contributed by atoms with van der Waals surface area (Å²) in [6.07, 6.45) is 9.81. The van der Waals surface area contributed by atoms with Crippen molar-refractivity contribution in [2.45, 2.75) is 44.6 Å². The second kappa shape index (κ2) is 2.48. The van der Waals surface area contributed by atoms with Gasteiger partial charge < -0.3 is 5.11 Å². The third-order valence-electron chi connectivity index (χ3n) is 4.79. The SMILES string of the molecule is O=C1C(O)C23CC=CCC12CCCC3. The molecule has 0 aromatic carbocycles. The highest BCUT2D eigenvalue weighted by molar-refractivity contribution is 5.98. The molecular weight excluding hydrogens is 176 g/mol. The van der Waals surface area contributed by atoms with Crippen LogP contribution in [0.25, 0.3) is 0 Å². The number of aliphatic hydroxyl groups excluding tert-OH is 1. The fraction of sp³-hybridized carbons (Fsp3) is 0.750. The summed E-state index contributed by atoms with van der Waals surface area (Å²) < 4.78 is 0. The number of Topliss-reactive ketones (excluding diaryl/α,β-unsaturated/α-hetero) is 1. The van der Waals surface area contributed by atoms with Crippen LogP contribution in [-0.4, -0.2) is 17.0 Å². The number of hydrogen-bond donors (Lipinski definition) is 1. The van der Waals surface area contributed by atoms with Crippen LogP contribution in [0.15, 0.2) is 12.2 Å². The van der Waals surface area contributed by atoms with E-state index in [1.807, 2.05) is 0 Å². The largest absolute Gasteiger partial charge is 0.385 e. The minimum Gasteiger partial charge on any atom is -0.385 e. The molecule has 2 heteroatoms. The van der Waals surface area contributed by atoms with E-state index in [4.69, 9.17) is 0 Å². The molecule has 2 fully saturated rings. The van der Waals surface area contributed by atoms with Gasteiger partial charge in [-0.2, -0.15) is 0 Å². The molecule has 2 nitrogen and oxygen atoms in total. The van der Waals surface area contributed by atoms with Crippen molar-refractivity contribution in [3.05, 3.63) is 12.2 Å². The quantitative estimate of drug-likeness (QED) is 0.594. The zero-order valence-electron chi connectivity index (χ0n) is 8.33. The molecule has 0 radical (unpaired) electrons. The van der Waals surface area contributed by atoms with Crippen molar-refractivity contribution < 1.29 is 9.90 Å². The van der Waals surface area contributed by atoms with Crippen molar-refractivity contribution in [2.24, 2.45) is 10.8 Å². The van der Waals surface area contributed by atoms with Gasteiger partial charge in [0.1, 0.15) is 6.10 Å². The number of allylic oxidation sites excluding steroid dienone is 2. The summed E-state index contributed by atoms with van der Waals surface area (Å²) in [7, 11) is 0. The van der Waals surface area contributed by atoms with Gasteiger partial charge in [0.25, 0.3) is 0 Å². The Morgan fingerprint density at radius 3 is 2.71 bits per heavy atom. The third-order valence-corrected chi connectivity index (χ3v) is 4.79. The summed E-state index contributed by atoms with van der Waals surface area (Å²) in [5.41, 5.74) is -0.212. The van der Waals surface area contributed by atoms with Gasteiger partial charge in [0.05, 0.1) is 0 Å². The molecule has 3 unspecified atom stereocenters. The molecule has 2 saturated carbocycles. The monoisotopic (exact) mass is 192 g/mol. The lowest BCUT2D eigenvalue weighted by Crippen LogP contribution is -2.71. The second-order valence-electron chi connectivity index (χ2n) is 5.09. The molecule has 0 spiro atoms. The van der Waals surface area contributed by atoms with E-state index in [2.05, 4.69) is 12.2 Å². The first-order valence-electron chi connectivity index (χ1n) is 5.60. The van der Waals surface area contributed by atoms with Crippen LogP contribution in [0.1, 0.15) is 38.5 Å². The third kappa shape index (κ3) is 0.681. The molecule has 14 heavy (non-hydrogen) atoms. The second-order valence-corrected chi connectivity index (χ2v) is 5.09. The summed E-state index contributed by atoms with van der Waals surface area (Å²) in [5, 5.41) is 9.91. The molecule has 3 atom stereocenters. The first-order chi connectivity index (χ1) is 6.73. The highest BCUT2D eigenvalue weighted by Gasteiger charge is 2.71. The number of rotatable bonds is 0. The Labute approximate surface area is 84.0 Å². The molecule has 3 aliphatic carbocycles. The molecular formula is C12H16O2. The summed E-state index contributed by atoms with van der Waals surface area (Å²) in [6.45, 7) is 0. The van der Waals surface area contributed by atoms with Gasteiger partial charge in [-0.3, -0.25) is 4.79 Å². The minimum atomic E-state index is -0.659. The Balaban J connectivity index is 2.08. The predicted molar refractivity (Wildman–Crippen MR) is 52.7 cm³/mol. The number of carbonyl (C=O) groups is 1. The predicted octanol–water partition coefficient (Wildman–Crippen LogP) is 1.83. The van der Waals surface area contributed by atoms with Gasteiger partial charge >= 0.3 is 0 Å². The van der Waals surface area contributed by atoms with Gasteiger partial charge in [-0.05, 0) is 25.7 Å². The van der Waals surface area contributed by atoms with E-state index in [0.29, 0.717) is 0 Å². The summed E-state index contributed by atoms with van der Waals surface area (Å²) in [5.74, 6) is 0.126. The Hall–Kier alpha value is -0.630. The van der Waals surface area contributed by atoms with Crippen molar-refractivity contribution in [2.75, 3.05) is 0 Å². The molecule has 76 valence electrons. The normalized spacial score (nSPS) is 50.6. The Morgan fingerprint density at radius 2 is 1.93 bits per heavy atom. The molecule has 0 heterocycles. The number of aliphatic hydroxyl groups is 1. The zero-order chi connectivity index (χ0) is 9.81. The van der Waals surface area contributed by atoms with Crippen molar-refractivity contribution in [1.82, 2.24) is 0 Å². The standard InChI is InChI=1S/C12H16O2/c13-9-10(14)12-6-2-1-5-11(9,12)7-3-4-8-12/h1-2,9,13H,3-8H2. The average molecular weight is 192 g/mol. The molecule has 3 rings (SSSR count). The topological polar surface area (TPSA) is 37.3 Å². The maximum atomic E-state index is 11.9. The Morgan fingerprint density at radius 1 is 1.21 bits per heavy atom. The van der Waals surface area contributed by atoms with Crippen molar-refractivity contribution in [1.29, 1.82) is 0 Å². The number of hydrogen-bond acceptors (Lipinski definition) is 2. The smallest absolute Gasteiger partial charge is 0.168 e. The average Bonchev–Trinajstić information content (AvgIpc) is 2.26. The van der Waals surface area contributed by atoms with Crippen LogP contribution in [0.4, 0.5) is 0 Å². The molecule has 1 N–H and O–H groups in total. The molecule has 0 amide bonds. The number of ketones is 1. The summed E-state index contributed by atoms with van der Waals surface area (Å²) in [6, 6.07) is 0. The fourth-order valence-corrected chi connectivity index (χ4v) is 3.95. The molecule has 3 aliphatic rings. The van der Waals surface area contributed by atoms with E-state index in [1.165, 1.54) is 6.42 Å². The molecule has 0 bridgehead atoms. The lowest BCUT2D eigenvalue weighted by molar-refractivity contribution is -0.207. The zero-order valence-corrected chi connectivity index (χ0v) is 8.33. The van der Waals surface area contributed by atoms with Gasteiger partial charge in [0, 0.05) is 10.8 Å². The number of carbonyl (C=O) groups excluding carboxylic acids is 1. The van der Waals surface area contributed by atoms with Crippen molar-refractivity contribution >= 4 is 5.78 Å². The van der Waals surface area contributed by atoms with Crippen LogP contribution in [0, 0.1) is 10.8 Å². The lowest BCUT2D eigenvalue weighted by Gasteiger charge is -2.64. The van der Waals surface area contributed by atoms with E-state index >= 15 is 0 Å². The van der Waals surface area contributed by atoms with Crippen molar-refractivity contribution in [3.8, 4) is 0 Å². The molecule has 0 aromatic rings. The van der Waals surface area contributed by atoms with Crippen LogP contribution in [-0.2, 0) is 4.79 Å². The van der Waals surface area contributed by atoms with Crippen LogP contribution in [0.2, 0.25) is 0 Å². The van der Waals surface area contributed by atoms with Gasteiger partial charge in [-0.15, -0.1) is 0 Å². The van der Waals surface area contributed by atoms with Crippen LogP contribution in [0.3, 0.4) is 0 Å². The van der Waals surface area contributed by atoms with Crippen LogP contribution in [0.5, 0.6) is 0 Å². The maximum Gasteiger partial charge on any atom is 0.168 e. The van der Waals surface area contributed by atoms with E-state index < -0.39 is 6.10 Å². The maximum absolute atomic E-state index is 11.9. The first-order valence-corrected chi connectivity index (χ1v) is 5.60. The fourth-order valence-electron chi connectivity index (χ4n) is 3.95. The van der Waals surface area contributed by atoms with E-state index in [0.717, 1.165) is 32.1 Å². The lowest BCUT2D eigenvalue weighted by atomic mass is 9.38. The van der Waals surface area contributed by atoms with Gasteiger partial charge in [-0.1, -0.05) is 25.0 Å². The molecule has 0 aliphatic heterocycles. The molecule has 0 saturated heterocycles. The minimum absolute atomic E-state index is 0.0584. The summed E-state index contributed by atoms with van der Waals surface area (Å²) in [4.78, 5) is 11.9. The summed E-state index contributed by atoms with van der Waals surface area (Å²) >= 11 is 0. The van der Waals surface area contributed by atoms with Crippen molar-refractivity contribution in [3.63, 3.8) is 0 Å². The first kappa shape index (κ1) is 8.66. The van der Waals surface area contributed by atoms with Gasteiger partial charge in [0.2, 0.25) is 0 Å².